The van der Waals surface area contributed by atoms with Gasteiger partial charge in [0.25, 0.3) is 0 Å². The first kappa shape index (κ1) is 11.4. The first-order chi connectivity index (χ1) is 5.85. The van der Waals surface area contributed by atoms with Crippen LogP contribution in [0.2, 0.25) is 0 Å². The van der Waals surface area contributed by atoms with Crippen molar-refractivity contribution in [1.29, 1.82) is 0 Å². The van der Waals surface area contributed by atoms with E-state index >= 15 is 0 Å². The van der Waals surface area contributed by atoms with Gasteiger partial charge < -0.3 is 8.85 Å². The van der Waals surface area contributed by atoms with E-state index in [0.29, 0.717) is 13.2 Å². The van der Waals surface area contributed by atoms with Crippen molar-refractivity contribution in [2.24, 2.45) is 0 Å². The lowest BCUT2D eigenvalue weighted by molar-refractivity contribution is 0.241. The van der Waals surface area contributed by atoms with Crippen molar-refractivity contribution in [3.63, 3.8) is 0 Å². The number of hydrogen-bond donors (Lipinski definition) is 0. The third-order valence-corrected chi connectivity index (χ3v) is 2.68. The van der Waals surface area contributed by atoms with Crippen LogP contribution in [0.25, 0.3) is 0 Å². The van der Waals surface area contributed by atoms with Crippen molar-refractivity contribution in [3.05, 3.63) is 44.0 Å². The summed E-state index contributed by atoms with van der Waals surface area (Å²) in [6.07, 6.45) is 5.10. The molecule has 2 nitrogen and oxygen atoms in total. The van der Waals surface area contributed by atoms with Crippen molar-refractivity contribution >= 4 is 9.28 Å². The molecule has 1 radical (unpaired) electrons. The molecular formula is C9H15O2Si. The highest BCUT2D eigenvalue weighted by molar-refractivity contribution is 6.49. The molecule has 0 aromatic heterocycles. The molecule has 0 rings (SSSR count). The van der Waals surface area contributed by atoms with Gasteiger partial charge in [-0.2, -0.15) is 0 Å². The van der Waals surface area contributed by atoms with Crippen molar-refractivity contribution < 1.29 is 8.85 Å². The first-order valence-electron chi connectivity index (χ1n) is 3.76. The van der Waals surface area contributed by atoms with Gasteiger partial charge in [0.15, 0.2) is 0 Å². The normalized spacial score (nSPS) is 9.75. The Bertz CT molecular complexity index is 133. The van der Waals surface area contributed by atoms with E-state index < -0.39 is 9.28 Å². The van der Waals surface area contributed by atoms with Gasteiger partial charge in [0, 0.05) is 6.04 Å². The molecule has 0 aliphatic heterocycles. The molecular weight excluding hydrogens is 168 g/mol. The maximum Gasteiger partial charge on any atom is 0.329 e. The molecule has 0 amide bonds. The zero-order valence-electron chi connectivity index (χ0n) is 7.24. The van der Waals surface area contributed by atoms with Crippen LogP contribution in [-0.4, -0.2) is 22.5 Å². The molecule has 0 aromatic carbocycles. The predicted molar refractivity (Wildman–Crippen MR) is 53.9 cm³/mol. The lowest BCUT2D eigenvalue weighted by Gasteiger charge is -2.11. The minimum absolute atomic E-state index is 0.526. The molecule has 0 heterocycles. The second-order valence-electron chi connectivity index (χ2n) is 2.04. The van der Waals surface area contributed by atoms with E-state index in [0.717, 1.165) is 0 Å². The summed E-state index contributed by atoms with van der Waals surface area (Å²) in [5.41, 5.74) is 0. The van der Waals surface area contributed by atoms with Gasteiger partial charge in [0.2, 0.25) is 0 Å². The molecule has 0 N–H and O–H groups in total. The van der Waals surface area contributed by atoms with Gasteiger partial charge in [-0.25, -0.2) is 0 Å². The van der Waals surface area contributed by atoms with Crippen LogP contribution in [0, 0.1) is 6.04 Å². The first-order valence-corrected chi connectivity index (χ1v) is 5.37. The minimum Gasteiger partial charge on any atom is -0.392 e. The standard InChI is InChI=1S/C9H15O2Si/c1-4-7-10-12(9-6-3)11-8-5-2/h4-6,9,12H,1-3,7-8H2. The molecule has 0 aliphatic rings. The van der Waals surface area contributed by atoms with Crippen molar-refractivity contribution in [2.75, 3.05) is 13.2 Å². The molecule has 0 fully saturated rings. The van der Waals surface area contributed by atoms with Crippen LogP contribution in [-0.2, 0) is 8.85 Å². The van der Waals surface area contributed by atoms with Gasteiger partial charge in [-0.3, -0.25) is 0 Å². The highest BCUT2D eigenvalue weighted by Gasteiger charge is 2.09. The third-order valence-electron chi connectivity index (χ3n) is 1.05. The van der Waals surface area contributed by atoms with Crippen LogP contribution in [0.4, 0.5) is 0 Å². The smallest absolute Gasteiger partial charge is 0.329 e. The summed E-state index contributed by atoms with van der Waals surface area (Å²) in [6, 6.07) is 1.87. The van der Waals surface area contributed by atoms with Crippen LogP contribution in [0.3, 0.4) is 0 Å². The van der Waals surface area contributed by atoms with Crippen molar-refractivity contribution in [1.82, 2.24) is 0 Å². The fourth-order valence-corrected chi connectivity index (χ4v) is 1.79. The third kappa shape index (κ3) is 6.09. The molecule has 0 saturated carbocycles. The minimum atomic E-state index is -1.65. The number of allylic oxidation sites excluding steroid dienone is 1. The monoisotopic (exact) mass is 183 g/mol. The fraction of sp³-hybridized carbons (Fsp3) is 0.222. The molecule has 0 bridgehead atoms. The lowest BCUT2D eigenvalue weighted by atomic mass is 10.7. The average Bonchev–Trinajstić information content (AvgIpc) is 2.10. The van der Waals surface area contributed by atoms with E-state index in [-0.39, 0.29) is 0 Å². The van der Waals surface area contributed by atoms with Crippen LogP contribution in [0.15, 0.2) is 38.0 Å². The second kappa shape index (κ2) is 8.45. The van der Waals surface area contributed by atoms with Gasteiger partial charge in [-0.05, 0) is 0 Å². The Hall–Kier alpha value is -0.643. The van der Waals surface area contributed by atoms with E-state index in [1.807, 2.05) is 6.04 Å². The zero-order chi connectivity index (χ0) is 9.23. The molecule has 0 aliphatic carbocycles. The largest absolute Gasteiger partial charge is 0.392 e. The molecule has 0 unspecified atom stereocenters. The van der Waals surface area contributed by atoms with E-state index in [4.69, 9.17) is 8.85 Å². The van der Waals surface area contributed by atoms with Gasteiger partial charge in [0.05, 0.1) is 13.2 Å². The van der Waals surface area contributed by atoms with E-state index in [1.54, 1.807) is 18.2 Å². The summed E-state index contributed by atoms with van der Waals surface area (Å²) in [6.45, 7) is 11.7. The Labute approximate surface area is 76.0 Å². The molecule has 12 heavy (non-hydrogen) atoms. The van der Waals surface area contributed by atoms with E-state index in [9.17, 15) is 0 Å². The molecule has 3 heteroatoms. The molecule has 0 atom stereocenters. The summed E-state index contributed by atoms with van der Waals surface area (Å²) in [4.78, 5) is 0. The van der Waals surface area contributed by atoms with Crippen molar-refractivity contribution in [3.8, 4) is 0 Å². The Kier molecular flexibility index (Phi) is 8.00. The quantitative estimate of drug-likeness (QED) is 0.420. The van der Waals surface area contributed by atoms with Crippen LogP contribution >= 0.6 is 0 Å². The molecule has 0 spiro atoms. The predicted octanol–water partition coefficient (Wildman–Crippen LogP) is 1.54. The summed E-state index contributed by atoms with van der Waals surface area (Å²) in [5, 5.41) is 0. The maximum absolute atomic E-state index is 5.36. The van der Waals surface area contributed by atoms with Crippen molar-refractivity contribution in [2.45, 2.75) is 0 Å². The Morgan fingerprint density at radius 2 is 1.50 bits per heavy atom. The molecule has 0 aromatic rings. The number of hydrogen-bond acceptors (Lipinski definition) is 2. The molecule has 0 saturated heterocycles. The highest BCUT2D eigenvalue weighted by Crippen LogP contribution is 1.95. The summed E-state index contributed by atoms with van der Waals surface area (Å²) < 4.78 is 10.7. The van der Waals surface area contributed by atoms with Gasteiger partial charge in [-0.1, -0.05) is 18.2 Å². The fourth-order valence-electron chi connectivity index (χ4n) is 0.596. The Balaban J connectivity index is 3.59. The summed E-state index contributed by atoms with van der Waals surface area (Å²) in [7, 11) is -1.65. The summed E-state index contributed by atoms with van der Waals surface area (Å²) >= 11 is 0. The summed E-state index contributed by atoms with van der Waals surface area (Å²) in [5.74, 6) is 0. The van der Waals surface area contributed by atoms with Crippen LogP contribution < -0.4 is 0 Å². The van der Waals surface area contributed by atoms with Gasteiger partial charge >= 0.3 is 9.28 Å². The van der Waals surface area contributed by atoms with E-state index in [2.05, 4.69) is 19.7 Å². The Morgan fingerprint density at radius 3 is 1.83 bits per heavy atom. The second-order valence-corrected chi connectivity index (χ2v) is 3.83. The maximum atomic E-state index is 5.36. The lowest BCUT2D eigenvalue weighted by Crippen LogP contribution is -2.23. The van der Waals surface area contributed by atoms with Gasteiger partial charge in [-0.15, -0.1) is 19.7 Å². The average molecular weight is 183 g/mol. The van der Waals surface area contributed by atoms with Crippen LogP contribution in [0.5, 0.6) is 0 Å². The SMILES string of the molecule is C=C[CH][SiH](OCC=C)OCC=C. The van der Waals surface area contributed by atoms with Crippen LogP contribution in [0.1, 0.15) is 0 Å². The molecule has 67 valence electrons. The topological polar surface area (TPSA) is 18.5 Å². The van der Waals surface area contributed by atoms with E-state index in [1.165, 1.54) is 0 Å². The van der Waals surface area contributed by atoms with Gasteiger partial charge in [0.1, 0.15) is 0 Å². The zero-order valence-corrected chi connectivity index (χ0v) is 8.39. The number of rotatable bonds is 8. The Morgan fingerprint density at radius 1 is 1.00 bits per heavy atom. The highest BCUT2D eigenvalue weighted by atomic mass is 28.3.